The molecule has 2 aliphatic heterocycles. The van der Waals surface area contributed by atoms with E-state index in [1.54, 1.807) is 0 Å². The molecule has 22 heteroatoms. The minimum Gasteiger partial charge on any atom is -0.354 e. The number of non-ortho nitro benzene ring substituents is 1. The maximum absolute atomic E-state index is 15.8. The Balaban J connectivity index is 1.56. The van der Waals surface area contributed by atoms with Crippen molar-refractivity contribution in [2.24, 2.45) is 0 Å². The van der Waals surface area contributed by atoms with Crippen LogP contribution in [0.3, 0.4) is 0 Å². The Morgan fingerprint density at radius 2 is 0.576 bits per heavy atom. The summed E-state index contributed by atoms with van der Waals surface area (Å²) in [5.41, 5.74) is -13.5. The van der Waals surface area contributed by atoms with Gasteiger partial charge in [-0.3, -0.25) is 10.1 Å². The first-order valence-corrected chi connectivity index (χ1v) is 18.3. The predicted molar refractivity (Wildman–Crippen MR) is 207 cm³/mol. The summed E-state index contributed by atoms with van der Waals surface area (Å²) < 4.78 is 228. The fourth-order valence-electron chi connectivity index (χ4n) is 7.52. The van der Waals surface area contributed by atoms with Crippen molar-refractivity contribution < 1.29 is 70.8 Å². The number of aromatic amines is 2. The van der Waals surface area contributed by atoms with Crippen LogP contribution in [0.5, 0.6) is 0 Å². The van der Waals surface area contributed by atoms with Crippen LogP contribution in [-0.4, -0.2) is 24.9 Å². The third kappa shape index (κ3) is 6.41. The van der Waals surface area contributed by atoms with Gasteiger partial charge in [-0.15, -0.1) is 0 Å². The molecule has 9 rings (SSSR count). The normalized spacial score (nSPS) is 12.2. The molecule has 0 aliphatic carbocycles. The number of hydrogen-bond donors (Lipinski definition) is 2. The lowest BCUT2D eigenvalue weighted by Gasteiger charge is -2.11. The number of nitrogens with one attached hydrogen (secondary N) is 2. The fourth-order valence-corrected chi connectivity index (χ4v) is 7.52. The van der Waals surface area contributed by atoms with Gasteiger partial charge < -0.3 is 9.97 Å². The summed E-state index contributed by atoms with van der Waals surface area (Å²) in [5.74, 6) is -37.3. The number of rotatable bonds is 5. The number of hydrogen-bond acceptors (Lipinski definition) is 4. The highest BCUT2D eigenvalue weighted by Gasteiger charge is 2.34. The first kappa shape index (κ1) is 43.1. The minimum atomic E-state index is -2.64. The molecule has 0 saturated heterocycles. The zero-order valence-electron chi connectivity index (χ0n) is 31.8. The first-order valence-electron chi connectivity index (χ1n) is 18.3. The smallest absolute Gasteiger partial charge is 0.269 e. The zero-order chi connectivity index (χ0) is 47.4. The number of benzene rings is 4. The molecule has 0 unspecified atom stereocenters. The Kier molecular flexibility index (Phi) is 10.1. The van der Waals surface area contributed by atoms with Crippen LogP contribution in [0.15, 0.2) is 48.5 Å². The summed E-state index contributed by atoms with van der Waals surface area (Å²) in [6.45, 7) is 0. The molecule has 2 aliphatic rings. The van der Waals surface area contributed by atoms with Crippen molar-refractivity contribution in [3.05, 3.63) is 169 Å². The Morgan fingerprint density at radius 3 is 0.848 bits per heavy atom. The third-order valence-electron chi connectivity index (χ3n) is 10.5. The van der Waals surface area contributed by atoms with Crippen molar-refractivity contribution in [1.29, 1.82) is 0 Å². The van der Waals surface area contributed by atoms with Gasteiger partial charge in [0.2, 0.25) is 17.5 Å². The summed E-state index contributed by atoms with van der Waals surface area (Å²) in [6.07, 6.45) is 3.62. The topological polar surface area (TPSA) is 100 Å². The van der Waals surface area contributed by atoms with Gasteiger partial charge in [0, 0.05) is 56.5 Å². The lowest BCUT2D eigenvalue weighted by atomic mass is 10.0. The summed E-state index contributed by atoms with van der Waals surface area (Å²) >= 11 is 0. The SMILES string of the molecule is O=[N+]([O-])c1ccc(-c2c3nc(c(-c4c(F)c(F)c(F)c(F)c4F)c4ccc([nH]4)c(-c4c(F)c(F)c(F)c(F)c4F)c4nc(c(-c5c(F)c(F)c(F)c(F)c5F)c5ccc2[nH]5)C=C4)C=C3)cc1. The van der Waals surface area contributed by atoms with Crippen LogP contribution in [-0.2, 0) is 0 Å². The van der Waals surface area contributed by atoms with E-state index >= 15 is 26.3 Å². The van der Waals surface area contributed by atoms with Crippen LogP contribution in [0.4, 0.5) is 71.5 Å². The molecule has 2 N–H and O–H groups in total. The minimum absolute atomic E-state index is 0.0215. The largest absolute Gasteiger partial charge is 0.354 e. The summed E-state index contributed by atoms with van der Waals surface area (Å²) in [6, 6.07) is 8.10. The molecule has 5 heterocycles. The Morgan fingerprint density at radius 1 is 0.333 bits per heavy atom. The second-order valence-corrected chi connectivity index (χ2v) is 14.1. The highest BCUT2D eigenvalue weighted by atomic mass is 19.2. The van der Waals surface area contributed by atoms with E-state index in [4.69, 9.17) is 0 Å². The van der Waals surface area contributed by atoms with Gasteiger partial charge in [0.15, 0.2) is 69.8 Å². The van der Waals surface area contributed by atoms with Crippen molar-refractivity contribution >= 4 is 52.1 Å². The highest BCUT2D eigenvalue weighted by Crippen LogP contribution is 2.43. The van der Waals surface area contributed by atoms with Gasteiger partial charge in [-0.1, -0.05) is 0 Å². The van der Waals surface area contributed by atoms with Crippen LogP contribution in [0, 0.1) is 97.4 Å². The van der Waals surface area contributed by atoms with Crippen LogP contribution >= 0.6 is 0 Å². The van der Waals surface area contributed by atoms with Gasteiger partial charge in [-0.05, 0) is 66.3 Å². The molecule has 332 valence electrons. The summed E-state index contributed by atoms with van der Waals surface area (Å²) in [7, 11) is 0. The highest BCUT2D eigenvalue weighted by molar-refractivity contribution is 6.00. The molecule has 4 aromatic carbocycles. The molecule has 66 heavy (non-hydrogen) atoms. The fraction of sp³-hybridized carbons (Fsp3) is 0. The van der Waals surface area contributed by atoms with Gasteiger partial charge in [0.1, 0.15) is 0 Å². The van der Waals surface area contributed by atoms with Gasteiger partial charge >= 0.3 is 0 Å². The predicted octanol–water partition coefficient (Wildman–Crippen LogP) is 13.3. The molecule has 7 nitrogen and oxygen atoms in total. The molecule has 7 aromatic rings. The van der Waals surface area contributed by atoms with Crippen LogP contribution in [0.1, 0.15) is 22.8 Å². The van der Waals surface area contributed by atoms with Crippen molar-refractivity contribution in [1.82, 2.24) is 19.9 Å². The molecule has 0 fully saturated rings. The monoisotopic (exact) mass is 929 g/mol. The molecular formula is C44H14F15N5O2. The number of nitrogens with zero attached hydrogens (tertiary/aromatic N) is 3. The maximum Gasteiger partial charge on any atom is 0.269 e. The van der Waals surface area contributed by atoms with E-state index in [1.807, 2.05) is 0 Å². The van der Waals surface area contributed by atoms with Crippen LogP contribution in [0.25, 0.3) is 90.9 Å². The standard InChI is InChI=1S/C44H14F15N5O2/c45-30-27(31(46)37(52)42(57)36(30)51)24-17-7-5-15(60-17)23(13-1-3-14(4-2-13)64(65)66)16-6-8-18(61-16)25(28-32(47)38(53)43(58)39(54)33(28)48)20-10-12-22(63-20)26(21-11-9-19(24)62-21)29-34(49)40(55)44(59)41(56)35(29)50/h1-12,60,63H. The average Bonchev–Trinajstić information content (AvgIpc) is 4.16. The Labute approximate surface area is 355 Å². The van der Waals surface area contributed by atoms with Crippen molar-refractivity contribution in [2.45, 2.75) is 0 Å². The number of nitro groups is 1. The van der Waals surface area contributed by atoms with E-state index in [2.05, 4.69) is 19.9 Å². The molecular weight excluding hydrogens is 915 g/mol. The van der Waals surface area contributed by atoms with Crippen LogP contribution in [0.2, 0.25) is 0 Å². The maximum atomic E-state index is 15.8. The van der Waals surface area contributed by atoms with E-state index in [0.29, 0.717) is 0 Å². The number of aromatic nitrogens is 4. The molecule has 3 aromatic heterocycles. The summed E-state index contributed by atoms with van der Waals surface area (Å²) in [4.78, 5) is 24.3. The van der Waals surface area contributed by atoms with Gasteiger partial charge in [0.25, 0.3) is 5.69 Å². The van der Waals surface area contributed by atoms with E-state index < -0.39 is 165 Å². The van der Waals surface area contributed by atoms with Crippen molar-refractivity contribution in [3.63, 3.8) is 0 Å². The van der Waals surface area contributed by atoms with E-state index in [0.717, 1.165) is 60.7 Å². The van der Waals surface area contributed by atoms with E-state index in [9.17, 15) is 49.6 Å². The molecule has 0 atom stereocenters. The molecule has 0 amide bonds. The molecule has 0 radical (unpaired) electrons. The van der Waals surface area contributed by atoms with Gasteiger partial charge in [-0.2, -0.15) is 0 Å². The second kappa shape index (κ2) is 15.5. The van der Waals surface area contributed by atoms with Crippen molar-refractivity contribution in [3.8, 4) is 44.5 Å². The van der Waals surface area contributed by atoms with Gasteiger partial charge in [0.05, 0.1) is 44.4 Å². The number of fused-ring (bicyclic) bond motifs is 8. The zero-order valence-corrected chi connectivity index (χ0v) is 31.8. The number of nitro benzene ring substituents is 1. The molecule has 0 saturated carbocycles. The van der Waals surface area contributed by atoms with Crippen LogP contribution < -0.4 is 0 Å². The second-order valence-electron chi connectivity index (χ2n) is 14.1. The lowest BCUT2D eigenvalue weighted by Crippen LogP contribution is -2.06. The molecule has 0 spiro atoms. The van der Waals surface area contributed by atoms with Gasteiger partial charge in [-0.25, -0.2) is 75.8 Å². The Bertz CT molecular complexity index is 3430. The number of halogens is 15. The summed E-state index contributed by atoms with van der Waals surface area (Å²) in [5, 5.41) is 11.5. The van der Waals surface area contributed by atoms with E-state index in [1.165, 1.54) is 12.1 Å². The van der Waals surface area contributed by atoms with Crippen molar-refractivity contribution in [2.75, 3.05) is 0 Å². The third-order valence-corrected chi connectivity index (χ3v) is 10.5. The first-order chi connectivity index (χ1) is 31.3. The molecule has 8 bridgehead atoms. The Hall–Kier alpha value is -8.17. The average molecular weight is 930 g/mol. The number of H-pyrrole nitrogens is 2. The lowest BCUT2D eigenvalue weighted by molar-refractivity contribution is -0.384. The van der Waals surface area contributed by atoms with E-state index in [-0.39, 0.29) is 22.3 Å². The quantitative estimate of drug-likeness (QED) is 0.0590.